The molecule has 2 aromatic carbocycles. The van der Waals surface area contributed by atoms with E-state index >= 15 is 0 Å². The molecule has 0 saturated carbocycles. The number of phenolic OH excluding ortho intramolecular Hbond substituents is 1. The Morgan fingerprint density at radius 2 is 1.66 bits per heavy atom. The number of aryl methyl sites for hydroxylation is 1. The summed E-state index contributed by atoms with van der Waals surface area (Å²) in [5.41, 5.74) is 6.66. The van der Waals surface area contributed by atoms with Crippen LogP contribution in [0.5, 0.6) is 11.5 Å². The summed E-state index contributed by atoms with van der Waals surface area (Å²) in [6, 6.07) is 14.0. The van der Waals surface area contributed by atoms with Gasteiger partial charge in [-0.15, -0.1) is 0 Å². The van der Waals surface area contributed by atoms with Crippen LogP contribution >= 0.6 is 0 Å². The van der Waals surface area contributed by atoms with Gasteiger partial charge in [0.1, 0.15) is 11.5 Å². The summed E-state index contributed by atoms with van der Waals surface area (Å²) in [6.45, 7) is 1.37. The van der Waals surface area contributed by atoms with Crippen molar-refractivity contribution >= 4 is 12.0 Å². The third-order valence-corrected chi connectivity index (χ3v) is 5.04. The molecule has 29 heavy (non-hydrogen) atoms. The van der Waals surface area contributed by atoms with E-state index in [1.807, 2.05) is 12.1 Å². The Kier molecular flexibility index (Phi) is 8.33. The average molecular weight is 400 g/mol. The molecule has 1 aliphatic heterocycles. The van der Waals surface area contributed by atoms with Crippen LogP contribution in [0.1, 0.15) is 35.2 Å². The van der Waals surface area contributed by atoms with E-state index in [1.54, 1.807) is 7.11 Å². The van der Waals surface area contributed by atoms with Crippen molar-refractivity contribution in [1.29, 1.82) is 0 Å². The molecule has 3 rings (SSSR count). The lowest BCUT2D eigenvalue weighted by atomic mass is 9.91. The van der Waals surface area contributed by atoms with Gasteiger partial charge in [0.05, 0.1) is 7.11 Å². The number of primary amides is 1. The molecular weight excluding hydrogens is 372 g/mol. The molecule has 1 saturated heterocycles. The molecule has 4 N–H and O–H groups in total. The minimum absolute atomic E-state index is 0.130. The van der Waals surface area contributed by atoms with Crippen molar-refractivity contribution in [3.8, 4) is 11.5 Å². The lowest BCUT2D eigenvalue weighted by molar-refractivity contribution is 0.1000. The zero-order valence-corrected chi connectivity index (χ0v) is 16.6. The van der Waals surface area contributed by atoms with Gasteiger partial charge in [-0.3, -0.25) is 4.79 Å². The molecule has 1 aliphatic rings. The van der Waals surface area contributed by atoms with Crippen molar-refractivity contribution in [2.24, 2.45) is 11.7 Å². The molecule has 1 heterocycles. The predicted molar refractivity (Wildman–Crippen MR) is 110 cm³/mol. The molecule has 2 aromatic rings. The Morgan fingerprint density at radius 1 is 1.07 bits per heavy atom. The fourth-order valence-electron chi connectivity index (χ4n) is 3.20. The monoisotopic (exact) mass is 400 g/mol. The number of hydrogen-bond donors (Lipinski definition) is 3. The topological polar surface area (TPSA) is 113 Å². The van der Waals surface area contributed by atoms with Crippen molar-refractivity contribution in [1.82, 2.24) is 4.90 Å². The summed E-state index contributed by atoms with van der Waals surface area (Å²) in [5.74, 6) is 1.18. The zero-order chi connectivity index (χ0) is 21.2. The number of hydrogen-bond acceptors (Lipinski definition) is 4. The Labute approximate surface area is 170 Å². The molecule has 0 aliphatic carbocycles. The number of carbonyl (C=O) groups excluding carboxylic acids is 1. The molecule has 2 amide bonds. The van der Waals surface area contributed by atoms with E-state index in [0.717, 1.165) is 31.4 Å². The SMILES string of the molecule is COc1ccc(CCC2CCN(C(=O)O)CC2)cc1.NC(=O)c1ccc(O)cc1. The second kappa shape index (κ2) is 10.9. The van der Waals surface area contributed by atoms with Crippen LogP contribution in [0.15, 0.2) is 48.5 Å². The fourth-order valence-corrected chi connectivity index (χ4v) is 3.20. The first-order chi connectivity index (χ1) is 13.9. The molecule has 0 unspecified atom stereocenters. The van der Waals surface area contributed by atoms with Crippen LogP contribution < -0.4 is 10.5 Å². The molecule has 0 atom stereocenters. The maximum Gasteiger partial charge on any atom is 0.407 e. The first-order valence-electron chi connectivity index (χ1n) is 9.58. The maximum absolute atomic E-state index is 10.8. The van der Waals surface area contributed by atoms with Crippen LogP contribution in [-0.2, 0) is 6.42 Å². The van der Waals surface area contributed by atoms with Crippen LogP contribution in [0, 0.1) is 5.92 Å². The third kappa shape index (κ3) is 7.37. The molecule has 0 aromatic heterocycles. The number of likely N-dealkylation sites (tertiary alicyclic amines) is 1. The van der Waals surface area contributed by atoms with Crippen molar-refractivity contribution in [3.63, 3.8) is 0 Å². The highest BCUT2D eigenvalue weighted by molar-refractivity contribution is 5.92. The smallest absolute Gasteiger partial charge is 0.407 e. The van der Waals surface area contributed by atoms with Crippen molar-refractivity contribution in [3.05, 3.63) is 59.7 Å². The van der Waals surface area contributed by atoms with Gasteiger partial charge in [-0.2, -0.15) is 0 Å². The quantitative estimate of drug-likeness (QED) is 0.711. The number of piperidine rings is 1. The summed E-state index contributed by atoms with van der Waals surface area (Å²) in [4.78, 5) is 22.8. The molecule has 0 bridgehead atoms. The first kappa shape index (κ1) is 22.1. The number of aromatic hydroxyl groups is 1. The summed E-state index contributed by atoms with van der Waals surface area (Å²) in [6.07, 6.45) is 3.39. The van der Waals surface area contributed by atoms with Crippen molar-refractivity contribution < 1.29 is 24.5 Å². The fraction of sp³-hybridized carbons (Fsp3) is 0.364. The van der Waals surface area contributed by atoms with Gasteiger partial charge in [-0.1, -0.05) is 12.1 Å². The Hall–Kier alpha value is -3.22. The van der Waals surface area contributed by atoms with Gasteiger partial charge >= 0.3 is 6.09 Å². The number of amides is 2. The van der Waals surface area contributed by atoms with Gasteiger partial charge in [0.2, 0.25) is 5.91 Å². The molecule has 1 fully saturated rings. The largest absolute Gasteiger partial charge is 0.508 e. The van der Waals surface area contributed by atoms with E-state index in [-0.39, 0.29) is 5.75 Å². The number of carboxylic acid groups (broad SMARTS) is 1. The van der Waals surface area contributed by atoms with Gasteiger partial charge < -0.3 is 25.6 Å². The predicted octanol–water partition coefficient (Wildman–Crippen LogP) is 3.51. The number of methoxy groups -OCH3 is 1. The van der Waals surface area contributed by atoms with E-state index in [9.17, 15) is 9.59 Å². The number of phenols is 1. The van der Waals surface area contributed by atoms with Gasteiger partial charge in [0.25, 0.3) is 0 Å². The second-order valence-corrected chi connectivity index (χ2v) is 7.01. The maximum atomic E-state index is 10.8. The lowest BCUT2D eigenvalue weighted by Gasteiger charge is -2.29. The summed E-state index contributed by atoms with van der Waals surface area (Å²) >= 11 is 0. The summed E-state index contributed by atoms with van der Waals surface area (Å²) in [5, 5.41) is 17.7. The first-order valence-corrected chi connectivity index (χ1v) is 9.58. The van der Waals surface area contributed by atoms with Crippen LogP contribution in [-0.4, -0.2) is 47.3 Å². The number of carbonyl (C=O) groups is 2. The van der Waals surface area contributed by atoms with Crippen molar-refractivity contribution in [2.75, 3.05) is 20.2 Å². The highest BCUT2D eigenvalue weighted by atomic mass is 16.5. The minimum Gasteiger partial charge on any atom is -0.508 e. The normalized spacial score (nSPS) is 13.9. The Balaban J connectivity index is 0.000000253. The number of ether oxygens (including phenoxy) is 1. The molecule has 7 nitrogen and oxygen atoms in total. The Morgan fingerprint density at radius 3 is 2.14 bits per heavy atom. The van der Waals surface area contributed by atoms with E-state index < -0.39 is 12.0 Å². The molecule has 0 spiro atoms. The van der Waals surface area contributed by atoms with Gasteiger partial charge in [0, 0.05) is 18.7 Å². The van der Waals surface area contributed by atoms with Crippen LogP contribution in [0.25, 0.3) is 0 Å². The number of benzene rings is 2. The van der Waals surface area contributed by atoms with Crippen molar-refractivity contribution in [2.45, 2.75) is 25.7 Å². The van der Waals surface area contributed by atoms with Crippen LogP contribution in [0.2, 0.25) is 0 Å². The highest BCUT2D eigenvalue weighted by Crippen LogP contribution is 2.23. The van der Waals surface area contributed by atoms with Gasteiger partial charge in [0.15, 0.2) is 0 Å². The summed E-state index contributed by atoms with van der Waals surface area (Å²) in [7, 11) is 1.67. The molecular formula is C22H28N2O5. The van der Waals surface area contributed by atoms with E-state index in [4.69, 9.17) is 20.7 Å². The van der Waals surface area contributed by atoms with Crippen LogP contribution in [0.3, 0.4) is 0 Å². The van der Waals surface area contributed by atoms with E-state index in [2.05, 4.69) is 12.1 Å². The summed E-state index contributed by atoms with van der Waals surface area (Å²) < 4.78 is 5.14. The van der Waals surface area contributed by atoms with Gasteiger partial charge in [-0.25, -0.2) is 4.79 Å². The van der Waals surface area contributed by atoms with Crippen LogP contribution in [0.4, 0.5) is 4.79 Å². The number of nitrogens with two attached hydrogens (primary N) is 1. The van der Waals surface area contributed by atoms with E-state index in [1.165, 1.54) is 34.7 Å². The lowest BCUT2D eigenvalue weighted by Crippen LogP contribution is -2.37. The number of rotatable bonds is 5. The van der Waals surface area contributed by atoms with E-state index in [0.29, 0.717) is 24.6 Å². The average Bonchev–Trinajstić information content (AvgIpc) is 2.73. The van der Waals surface area contributed by atoms with Gasteiger partial charge in [-0.05, 0) is 73.6 Å². The zero-order valence-electron chi connectivity index (χ0n) is 16.6. The molecule has 156 valence electrons. The molecule has 7 heteroatoms. The minimum atomic E-state index is -0.784. The molecule has 0 radical (unpaired) electrons. The highest BCUT2D eigenvalue weighted by Gasteiger charge is 2.21. The standard InChI is InChI=1S/C15H21NO3.C7H7NO2/c1-19-14-6-4-12(5-7-14)2-3-13-8-10-16(11-9-13)15(17)18;8-7(10)5-1-3-6(9)4-2-5/h4-7,13H,2-3,8-11H2,1H3,(H,17,18);1-4,9H,(H2,8,10). The second-order valence-electron chi connectivity index (χ2n) is 7.01. The third-order valence-electron chi connectivity index (χ3n) is 5.04. The number of nitrogens with zero attached hydrogens (tertiary/aromatic N) is 1. The Bertz CT molecular complexity index is 782.